The first kappa shape index (κ1) is 33.9. The van der Waals surface area contributed by atoms with E-state index in [4.69, 9.17) is 14.6 Å². The normalized spacial score (nSPS) is 19.2. The van der Waals surface area contributed by atoms with Crippen LogP contribution in [0.4, 0.5) is 0 Å². The van der Waals surface area contributed by atoms with Crippen LogP contribution in [0.5, 0.6) is 0 Å². The predicted octanol–water partition coefficient (Wildman–Crippen LogP) is 6.61. The molecule has 9 nitrogen and oxygen atoms in total. The van der Waals surface area contributed by atoms with Crippen LogP contribution in [-0.2, 0) is 32.2 Å². The molecular weight excluding hydrogens is 618 g/mol. The summed E-state index contributed by atoms with van der Waals surface area (Å²) in [5.41, 5.74) is 5.56. The largest absolute Gasteiger partial charge is 0.481 e. The molecule has 1 aliphatic rings. The van der Waals surface area contributed by atoms with Crippen molar-refractivity contribution in [3.8, 4) is 11.1 Å². The third-order valence-corrected chi connectivity index (χ3v) is 9.28. The Kier molecular flexibility index (Phi) is 11.4. The molecule has 0 spiro atoms. The second-order valence-corrected chi connectivity index (χ2v) is 12.5. The second kappa shape index (κ2) is 15.9. The van der Waals surface area contributed by atoms with Gasteiger partial charge in [0.2, 0.25) is 5.91 Å². The molecule has 4 N–H and O–H groups in total. The fourth-order valence-corrected chi connectivity index (χ4v) is 6.70. The molecule has 244 valence electrons. The first-order valence-corrected chi connectivity index (χ1v) is 16.3. The van der Waals surface area contributed by atoms with E-state index >= 15 is 0 Å². The van der Waals surface area contributed by atoms with Crippen LogP contribution in [-0.4, -0.2) is 45.0 Å². The quantitative estimate of drug-likeness (QED) is 0.117. The molecule has 4 aromatic carbocycles. The predicted molar refractivity (Wildman–Crippen MR) is 178 cm³/mol. The molecule has 0 aromatic heterocycles. The molecule has 1 amide bonds. The maximum absolute atomic E-state index is 12.0. The molecule has 1 fully saturated rings. The van der Waals surface area contributed by atoms with Crippen LogP contribution in [0.3, 0.4) is 0 Å². The molecule has 0 radical (unpaired) electrons. The lowest BCUT2D eigenvalue weighted by Crippen LogP contribution is -2.38. The number of carbonyl (C=O) groups is 3. The summed E-state index contributed by atoms with van der Waals surface area (Å²) >= 11 is 1.45. The topological polar surface area (TPSA) is 142 Å². The standard InChI is InChI=1S/C37H37NO8S/c1-23-31(22-47-32-11-3-2-10-30(32)36(43)44)45-37(46-35(23)26-14-12-24(21-39)13-15-26)29-9-5-8-28(19-29)27-7-4-6-25(18-27)20-38-33(40)16-17-34(41)42/h2-15,18-19,23,31,35,37,39H,16-17,20-22H2,1H3,(H,38,40)(H,41,42)(H,43,44)/t23-,31+,35+,37+/m1/s1. The van der Waals surface area contributed by atoms with Crippen molar-refractivity contribution in [1.82, 2.24) is 5.32 Å². The Labute approximate surface area is 277 Å². The van der Waals surface area contributed by atoms with Gasteiger partial charge >= 0.3 is 11.9 Å². The summed E-state index contributed by atoms with van der Waals surface area (Å²) in [7, 11) is 0. The molecule has 0 unspecified atom stereocenters. The molecule has 10 heteroatoms. The van der Waals surface area contributed by atoms with E-state index in [9.17, 15) is 24.6 Å². The number of carboxylic acid groups (broad SMARTS) is 2. The van der Waals surface area contributed by atoms with Gasteiger partial charge in [-0.2, -0.15) is 0 Å². The minimum Gasteiger partial charge on any atom is -0.481 e. The number of ether oxygens (including phenoxy) is 2. The van der Waals surface area contributed by atoms with E-state index in [2.05, 4.69) is 12.2 Å². The van der Waals surface area contributed by atoms with E-state index in [0.29, 0.717) is 10.6 Å². The van der Waals surface area contributed by atoms with Crippen LogP contribution in [0, 0.1) is 5.92 Å². The van der Waals surface area contributed by atoms with Gasteiger partial charge < -0.3 is 30.1 Å². The molecule has 0 aliphatic carbocycles. The van der Waals surface area contributed by atoms with Crippen molar-refractivity contribution in [2.24, 2.45) is 5.92 Å². The summed E-state index contributed by atoms with van der Waals surface area (Å²) in [6.45, 7) is 2.29. The number of nitrogens with one attached hydrogen (secondary N) is 1. The number of hydrogen-bond acceptors (Lipinski definition) is 7. The fourth-order valence-electron chi connectivity index (χ4n) is 5.49. The first-order valence-electron chi connectivity index (χ1n) is 15.4. The number of aliphatic carboxylic acids is 1. The summed E-state index contributed by atoms with van der Waals surface area (Å²) in [6, 6.07) is 30.3. The SMILES string of the molecule is C[C@@H]1[C@H](CSc2ccccc2C(=O)O)O[C@H](c2cccc(-c3cccc(CNC(=O)CCC(=O)O)c3)c2)O[C@@H]1c1ccc(CO)cc1. The fraction of sp³-hybridized carbons (Fsp3) is 0.270. The Morgan fingerprint density at radius 2 is 1.51 bits per heavy atom. The molecular formula is C37H37NO8S. The number of aliphatic hydroxyl groups excluding tert-OH is 1. The zero-order valence-electron chi connectivity index (χ0n) is 25.9. The van der Waals surface area contributed by atoms with E-state index < -0.39 is 18.2 Å². The Morgan fingerprint density at radius 3 is 2.23 bits per heavy atom. The smallest absolute Gasteiger partial charge is 0.336 e. The number of aromatic carboxylic acids is 1. The number of rotatable bonds is 13. The minimum absolute atomic E-state index is 0.0551. The van der Waals surface area contributed by atoms with E-state index in [-0.39, 0.29) is 55.6 Å². The minimum atomic E-state index is -1.01. The van der Waals surface area contributed by atoms with Crippen molar-refractivity contribution in [2.75, 3.05) is 5.75 Å². The van der Waals surface area contributed by atoms with Crippen molar-refractivity contribution in [2.45, 2.75) is 56.3 Å². The van der Waals surface area contributed by atoms with Gasteiger partial charge in [0.25, 0.3) is 0 Å². The van der Waals surface area contributed by atoms with Crippen molar-refractivity contribution in [3.05, 3.63) is 125 Å². The average Bonchev–Trinajstić information content (AvgIpc) is 3.09. The van der Waals surface area contributed by atoms with Crippen molar-refractivity contribution >= 4 is 29.6 Å². The highest BCUT2D eigenvalue weighted by atomic mass is 32.2. The van der Waals surface area contributed by atoms with E-state index in [1.807, 2.05) is 78.9 Å². The van der Waals surface area contributed by atoms with Crippen molar-refractivity contribution in [3.63, 3.8) is 0 Å². The number of benzene rings is 4. The number of carboxylic acids is 2. The van der Waals surface area contributed by atoms with Crippen LogP contribution in [0.1, 0.15) is 64.8 Å². The summed E-state index contributed by atoms with van der Waals surface area (Å²) in [6.07, 6.45) is -1.59. The Hall–Kier alpha value is -4.48. The number of hydrogen-bond donors (Lipinski definition) is 4. The molecule has 1 heterocycles. The average molecular weight is 656 g/mol. The van der Waals surface area contributed by atoms with Gasteiger partial charge in [0, 0.05) is 35.1 Å². The van der Waals surface area contributed by atoms with E-state index in [0.717, 1.165) is 33.4 Å². The molecule has 1 saturated heterocycles. The zero-order valence-corrected chi connectivity index (χ0v) is 26.7. The highest BCUT2D eigenvalue weighted by molar-refractivity contribution is 7.99. The van der Waals surface area contributed by atoms with Gasteiger partial charge in [-0.15, -0.1) is 11.8 Å². The molecule has 4 aromatic rings. The molecule has 0 saturated carbocycles. The van der Waals surface area contributed by atoms with Gasteiger partial charge in [0.15, 0.2) is 6.29 Å². The van der Waals surface area contributed by atoms with Crippen LogP contribution >= 0.6 is 11.8 Å². The summed E-state index contributed by atoms with van der Waals surface area (Å²) in [4.78, 5) is 35.3. The van der Waals surface area contributed by atoms with E-state index in [1.54, 1.807) is 18.2 Å². The lowest BCUT2D eigenvalue weighted by molar-refractivity contribution is -0.268. The van der Waals surface area contributed by atoms with Gasteiger partial charge in [-0.3, -0.25) is 9.59 Å². The summed E-state index contributed by atoms with van der Waals surface area (Å²) in [5, 5.41) is 30.8. The summed E-state index contributed by atoms with van der Waals surface area (Å²) < 4.78 is 13.2. The summed E-state index contributed by atoms with van der Waals surface area (Å²) in [5.74, 6) is -1.87. The molecule has 4 atom stereocenters. The number of thioether (sulfide) groups is 1. The first-order chi connectivity index (χ1) is 22.7. The molecule has 47 heavy (non-hydrogen) atoms. The Balaban J connectivity index is 1.38. The molecule has 0 bridgehead atoms. The monoisotopic (exact) mass is 655 g/mol. The third kappa shape index (κ3) is 8.87. The number of carbonyl (C=O) groups excluding carboxylic acids is 1. The highest BCUT2D eigenvalue weighted by Gasteiger charge is 2.38. The van der Waals surface area contributed by atoms with Crippen LogP contribution in [0.2, 0.25) is 0 Å². The zero-order chi connectivity index (χ0) is 33.3. The third-order valence-electron chi connectivity index (χ3n) is 8.12. The highest BCUT2D eigenvalue weighted by Crippen LogP contribution is 2.43. The van der Waals surface area contributed by atoms with Gasteiger partial charge in [0.05, 0.1) is 30.8 Å². The second-order valence-electron chi connectivity index (χ2n) is 11.4. The lowest BCUT2D eigenvalue weighted by atomic mass is 9.91. The van der Waals surface area contributed by atoms with Gasteiger partial charge in [-0.1, -0.05) is 79.7 Å². The van der Waals surface area contributed by atoms with Crippen molar-refractivity contribution < 1.29 is 39.2 Å². The van der Waals surface area contributed by atoms with Crippen LogP contribution < -0.4 is 5.32 Å². The maximum Gasteiger partial charge on any atom is 0.336 e. The lowest BCUT2D eigenvalue weighted by Gasteiger charge is -2.41. The van der Waals surface area contributed by atoms with Gasteiger partial charge in [0.1, 0.15) is 0 Å². The molecule has 1 aliphatic heterocycles. The van der Waals surface area contributed by atoms with Gasteiger partial charge in [-0.25, -0.2) is 4.79 Å². The Bertz CT molecular complexity index is 1710. The Morgan fingerprint density at radius 1 is 0.787 bits per heavy atom. The van der Waals surface area contributed by atoms with E-state index in [1.165, 1.54) is 11.8 Å². The van der Waals surface area contributed by atoms with Crippen LogP contribution in [0.15, 0.2) is 102 Å². The van der Waals surface area contributed by atoms with Crippen molar-refractivity contribution in [1.29, 1.82) is 0 Å². The van der Waals surface area contributed by atoms with Gasteiger partial charge in [-0.05, 0) is 52.1 Å². The van der Waals surface area contributed by atoms with Crippen LogP contribution in [0.25, 0.3) is 11.1 Å². The number of amides is 1. The molecule has 5 rings (SSSR count). The number of aliphatic hydroxyl groups is 1. The maximum atomic E-state index is 12.0.